The van der Waals surface area contributed by atoms with Crippen molar-refractivity contribution in [3.05, 3.63) is 89.4 Å². The number of halogens is 1. The summed E-state index contributed by atoms with van der Waals surface area (Å²) in [6, 6.07) is 25.5. The standard InChI is InChI=1S/C22H18ClN3OS/c1-27-20-13-11-18(12-14-20)24-22-26(19-5-3-2-4-6-19)25-21(15-28-22)16-7-9-17(23)10-8-16/h2-14H,15H2,1H3. The maximum absolute atomic E-state index is 6.03. The molecule has 0 amide bonds. The van der Waals surface area contributed by atoms with Crippen molar-refractivity contribution in [3.63, 3.8) is 0 Å². The molecule has 1 aliphatic heterocycles. The maximum atomic E-state index is 6.03. The lowest BCUT2D eigenvalue weighted by Crippen LogP contribution is -2.30. The van der Waals surface area contributed by atoms with Gasteiger partial charge in [0.1, 0.15) is 5.75 Å². The maximum Gasteiger partial charge on any atom is 0.190 e. The Morgan fingerprint density at radius 1 is 0.964 bits per heavy atom. The van der Waals surface area contributed by atoms with Crippen LogP contribution in [0.5, 0.6) is 5.75 Å². The number of methoxy groups -OCH3 is 1. The third kappa shape index (κ3) is 4.21. The number of hydrogen-bond acceptors (Lipinski definition) is 4. The Kier molecular flexibility index (Phi) is 5.65. The molecule has 1 heterocycles. The number of para-hydroxylation sites is 1. The second kappa shape index (κ2) is 8.50. The molecule has 1 aliphatic rings. The van der Waals surface area contributed by atoms with Crippen molar-refractivity contribution in [1.29, 1.82) is 0 Å². The molecule has 3 aromatic carbocycles. The highest BCUT2D eigenvalue weighted by Crippen LogP contribution is 2.29. The number of ether oxygens (including phenoxy) is 1. The summed E-state index contributed by atoms with van der Waals surface area (Å²) in [5, 5.41) is 8.33. The summed E-state index contributed by atoms with van der Waals surface area (Å²) < 4.78 is 5.23. The Morgan fingerprint density at radius 2 is 1.68 bits per heavy atom. The Hall–Kier alpha value is -2.76. The van der Waals surface area contributed by atoms with Gasteiger partial charge in [0.2, 0.25) is 0 Å². The molecule has 140 valence electrons. The van der Waals surface area contributed by atoms with Crippen LogP contribution in [0.1, 0.15) is 5.56 Å². The SMILES string of the molecule is COc1ccc(N=C2SCC(c3ccc(Cl)cc3)=NN2c2ccccc2)cc1. The molecule has 0 aromatic heterocycles. The van der Waals surface area contributed by atoms with E-state index in [1.54, 1.807) is 18.9 Å². The summed E-state index contributed by atoms with van der Waals surface area (Å²) in [6.45, 7) is 0. The predicted octanol–water partition coefficient (Wildman–Crippen LogP) is 5.99. The fourth-order valence-corrected chi connectivity index (χ4v) is 3.81. The average Bonchev–Trinajstić information content (AvgIpc) is 2.76. The van der Waals surface area contributed by atoms with Crippen LogP contribution in [-0.2, 0) is 0 Å². The van der Waals surface area contributed by atoms with Gasteiger partial charge in [-0.25, -0.2) is 10.0 Å². The van der Waals surface area contributed by atoms with E-state index < -0.39 is 0 Å². The van der Waals surface area contributed by atoms with Crippen LogP contribution < -0.4 is 9.75 Å². The highest BCUT2D eigenvalue weighted by molar-refractivity contribution is 8.14. The van der Waals surface area contributed by atoms with Crippen LogP contribution in [0.25, 0.3) is 0 Å². The minimum atomic E-state index is 0.717. The largest absolute Gasteiger partial charge is 0.497 e. The van der Waals surface area contributed by atoms with Crippen molar-refractivity contribution in [2.75, 3.05) is 17.9 Å². The normalized spacial score (nSPS) is 15.4. The molecule has 0 bridgehead atoms. The molecule has 6 heteroatoms. The van der Waals surface area contributed by atoms with Gasteiger partial charge in [0.15, 0.2) is 5.17 Å². The lowest BCUT2D eigenvalue weighted by Gasteiger charge is -2.26. The van der Waals surface area contributed by atoms with E-state index in [1.807, 2.05) is 83.9 Å². The van der Waals surface area contributed by atoms with Crippen molar-refractivity contribution >= 4 is 45.6 Å². The third-order valence-electron chi connectivity index (χ3n) is 4.22. The van der Waals surface area contributed by atoms with E-state index in [0.29, 0.717) is 0 Å². The van der Waals surface area contributed by atoms with Crippen LogP contribution in [0.2, 0.25) is 5.02 Å². The van der Waals surface area contributed by atoms with Crippen LogP contribution in [0.15, 0.2) is 89.0 Å². The van der Waals surface area contributed by atoms with Gasteiger partial charge >= 0.3 is 0 Å². The molecule has 0 atom stereocenters. The van der Waals surface area contributed by atoms with Gasteiger partial charge in [-0.15, -0.1) is 0 Å². The number of benzene rings is 3. The van der Waals surface area contributed by atoms with Gasteiger partial charge in [-0.2, -0.15) is 5.10 Å². The molecule has 0 fully saturated rings. The Balaban J connectivity index is 1.72. The van der Waals surface area contributed by atoms with Gasteiger partial charge in [0, 0.05) is 10.8 Å². The van der Waals surface area contributed by atoms with Gasteiger partial charge in [-0.3, -0.25) is 0 Å². The third-order valence-corrected chi connectivity index (χ3v) is 5.41. The molecule has 0 aliphatic carbocycles. The van der Waals surface area contributed by atoms with Crippen molar-refractivity contribution in [1.82, 2.24) is 0 Å². The average molecular weight is 408 g/mol. The zero-order valence-corrected chi connectivity index (χ0v) is 16.8. The van der Waals surface area contributed by atoms with E-state index >= 15 is 0 Å². The minimum absolute atomic E-state index is 0.717. The number of hydrogen-bond donors (Lipinski definition) is 0. The topological polar surface area (TPSA) is 37.2 Å². The molecule has 0 spiro atoms. The molecule has 3 aromatic rings. The van der Waals surface area contributed by atoms with Crippen LogP contribution in [0.3, 0.4) is 0 Å². The fraction of sp³-hybridized carbons (Fsp3) is 0.0909. The lowest BCUT2D eigenvalue weighted by molar-refractivity contribution is 0.415. The smallest absolute Gasteiger partial charge is 0.190 e. The monoisotopic (exact) mass is 407 g/mol. The van der Waals surface area contributed by atoms with E-state index in [2.05, 4.69) is 0 Å². The number of thioether (sulfide) groups is 1. The summed E-state index contributed by atoms with van der Waals surface area (Å²) in [6.07, 6.45) is 0. The van der Waals surface area contributed by atoms with Crippen LogP contribution in [0.4, 0.5) is 11.4 Å². The molecule has 0 saturated carbocycles. The fourth-order valence-electron chi connectivity index (χ4n) is 2.75. The number of hydrazone groups is 1. The number of aliphatic imine (C=N–C) groups is 1. The highest BCUT2D eigenvalue weighted by atomic mass is 35.5. The van der Waals surface area contributed by atoms with E-state index in [-0.39, 0.29) is 0 Å². The van der Waals surface area contributed by atoms with Crippen LogP contribution >= 0.6 is 23.4 Å². The molecular weight excluding hydrogens is 390 g/mol. The number of nitrogens with zero attached hydrogens (tertiary/aromatic N) is 3. The number of rotatable bonds is 4. The summed E-state index contributed by atoms with van der Waals surface area (Å²) in [4.78, 5) is 4.82. The van der Waals surface area contributed by atoms with Crippen LogP contribution in [0, 0.1) is 0 Å². The molecule has 4 nitrogen and oxygen atoms in total. The Morgan fingerprint density at radius 3 is 2.36 bits per heavy atom. The van der Waals surface area contributed by atoms with Crippen molar-refractivity contribution in [3.8, 4) is 5.75 Å². The second-order valence-electron chi connectivity index (χ2n) is 6.08. The van der Waals surface area contributed by atoms with Gasteiger partial charge in [-0.1, -0.05) is 53.7 Å². The summed E-state index contributed by atoms with van der Waals surface area (Å²) in [5.74, 6) is 1.54. The van der Waals surface area contributed by atoms with E-state index in [4.69, 9.17) is 26.4 Å². The quantitative estimate of drug-likeness (QED) is 0.532. The highest BCUT2D eigenvalue weighted by Gasteiger charge is 2.22. The van der Waals surface area contributed by atoms with Crippen molar-refractivity contribution in [2.24, 2.45) is 10.1 Å². The van der Waals surface area contributed by atoms with E-state index in [1.165, 1.54) is 0 Å². The number of anilines is 1. The van der Waals surface area contributed by atoms with Gasteiger partial charge in [-0.05, 0) is 54.1 Å². The van der Waals surface area contributed by atoms with E-state index in [0.717, 1.165) is 44.3 Å². The van der Waals surface area contributed by atoms with Crippen molar-refractivity contribution in [2.45, 2.75) is 0 Å². The first kappa shape index (κ1) is 18.6. The van der Waals surface area contributed by atoms with Gasteiger partial charge in [0.05, 0.1) is 24.2 Å². The van der Waals surface area contributed by atoms with E-state index in [9.17, 15) is 0 Å². The number of amidine groups is 1. The van der Waals surface area contributed by atoms with Crippen molar-refractivity contribution < 1.29 is 4.74 Å². The Bertz CT molecular complexity index is 1000. The zero-order valence-electron chi connectivity index (χ0n) is 15.2. The molecular formula is C22H18ClN3OS. The molecule has 0 radical (unpaired) electrons. The first-order valence-corrected chi connectivity index (χ1v) is 10.1. The van der Waals surface area contributed by atoms with Crippen LogP contribution in [-0.4, -0.2) is 23.7 Å². The lowest BCUT2D eigenvalue weighted by atomic mass is 10.1. The predicted molar refractivity (Wildman–Crippen MR) is 119 cm³/mol. The zero-order chi connectivity index (χ0) is 19.3. The Labute approximate surface area is 173 Å². The molecule has 0 unspecified atom stereocenters. The molecule has 0 saturated heterocycles. The first-order chi connectivity index (χ1) is 13.7. The second-order valence-corrected chi connectivity index (χ2v) is 7.46. The minimum Gasteiger partial charge on any atom is -0.497 e. The molecule has 0 N–H and O–H groups in total. The van der Waals surface area contributed by atoms with Gasteiger partial charge in [0.25, 0.3) is 0 Å². The summed E-state index contributed by atoms with van der Waals surface area (Å²) in [5.41, 5.74) is 3.86. The summed E-state index contributed by atoms with van der Waals surface area (Å²) >= 11 is 7.69. The molecule has 28 heavy (non-hydrogen) atoms. The first-order valence-electron chi connectivity index (χ1n) is 8.77. The summed E-state index contributed by atoms with van der Waals surface area (Å²) in [7, 11) is 1.65. The van der Waals surface area contributed by atoms with Gasteiger partial charge < -0.3 is 4.74 Å². The molecule has 4 rings (SSSR count).